The molecule has 0 saturated carbocycles. The van der Waals surface area contributed by atoms with Crippen molar-refractivity contribution in [1.29, 1.82) is 0 Å². The van der Waals surface area contributed by atoms with Crippen LogP contribution in [0.4, 0.5) is 15.1 Å². The average Bonchev–Trinajstić information content (AvgIpc) is 2.80. The number of anilines is 1. The second-order valence-electron chi connectivity index (χ2n) is 7.47. The number of halogens is 3. The van der Waals surface area contributed by atoms with Gasteiger partial charge in [0.25, 0.3) is 5.56 Å². The normalized spacial score (nSPS) is 10.8. The summed E-state index contributed by atoms with van der Waals surface area (Å²) in [4.78, 5) is 31.1. The molecule has 0 saturated heterocycles. The maximum Gasteiger partial charge on any atom is 0.321 e. The zero-order chi connectivity index (χ0) is 24.5. The minimum absolute atomic E-state index is 0.0259. The van der Waals surface area contributed by atoms with E-state index in [0.717, 1.165) is 12.0 Å². The number of rotatable bonds is 10. The van der Waals surface area contributed by atoms with Gasteiger partial charge in [-0.1, -0.05) is 41.4 Å². The topological polar surface area (TPSA) is 125 Å². The average molecular weight is 507 g/mol. The lowest BCUT2D eigenvalue weighted by atomic mass is 10.1. The maximum absolute atomic E-state index is 14.4. The number of aromatic nitrogens is 2. The van der Waals surface area contributed by atoms with Crippen molar-refractivity contribution in [2.24, 2.45) is 5.73 Å². The Bertz CT molecular complexity index is 1200. The third-order valence-electron chi connectivity index (χ3n) is 4.95. The first-order chi connectivity index (χ1) is 16.4. The highest BCUT2D eigenvalue weighted by Crippen LogP contribution is 2.22. The van der Waals surface area contributed by atoms with E-state index in [4.69, 9.17) is 28.9 Å². The van der Waals surface area contributed by atoms with Gasteiger partial charge in [0.15, 0.2) is 0 Å². The predicted octanol–water partition coefficient (Wildman–Crippen LogP) is 3.69. The van der Waals surface area contributed by atoms with E-state index in [1.165, 1.54) is 12.3 Å². The molecule has 1 heterocycles. The van der Waals surface area contributed by atoms with Crippen LogP contribution in [-0.2, 0) is 13.0 Å². The molecule has 11 heteroatoms. The Morgan fingerprint density at radius 2 is 1.94 bits per heavy atom. The Morgan fingerprint density at radius 1 is 1.12 bits per heavy atom. The molecular formula is C23H25Cl2FN6O2. The molecule has 2 aromatic carbocycles. The van der Waals surface area contributed by atoms with E-state index in [1.807, 2.05) is 6.07 Å². The number of carbonyl (C=O) groups is 1. The van der Waals surface area contributed by atoms with Crippen LogP contribution in [0.15, 0.2) is 47.4 Å². The van der Waals surface area contributed by atoms with E-state index in [-0.39, 0.29) is 11.5 Å². The standard InChI is InChI=1S/C23H25Cl2FN6O2/c24-18-5-2-14(10-19(18)25)6-9-29-23(34)32-22-30-13-17(21(33)31-22)15-3-4-16(20(26)11-15)12-28-8-1-7-27/h2-5,10-11,13,28H,1,6-9,12,27H2,(H3,29,30,31,32,33,34). The van der Waals surface area contributed by atoms with Gasteiger partial charge in [0.05, 0.1) is 15.6 Å². The molecule has 0 aliphatic carbocycles. The number of aromatic amines is 1. The lowest BCUT2D eigenvalue weighted by Crippen LogP contribution is -2.31. The van der Waals surface area contributed by atoms with Crippen molar-refractivity contribution in [3.05, 3.63) is 79.9 Å². The van der Waals surface area contributed by atoms with Gasteiger partial charge >= 0.3 is 6.03 Å². The molecule has 3 aromatic rings. The summed E-state index contributed by atoms with van der Waals surface area (Å²) in [6, 6.07) is 9.26. The number of H-pyrrole nitrogens is 1. The Labute approximate surface area is 206 Å². The SMILES string of the molecule is NCCCNCc1ccc(-c2c[nH]c(NC(=O)NCCc3ccc(Cl)c(Cl)c3)nc2=O)cc1F. The van der Waals surface area contributed by atoms with Crippen LogP contribution in [0.5, 0.6) is 0 Å². The van der Waals surface area contributed by atoms with Crippen LogP contribution in [0.25, 0.3) is 11.1 Å². The molecule has 0 atom stereocenters. The highest BCUT2D eigenvalue weighted by molar-refractivity contribution is 6.42. The summed E-state index contributed by atoms with van der Waals surface area (Å²) < 4.78 is 14.4. The molecule has 180 valence electrons. The van der Waals surface area contributed by atoms with Crippen molar-refractivity contribution in [3.8, 4) is 11.1 Å². The molecular weight excluding hydrogens is 482 g/mol. The number of nitrogens with zero attached hydrogens (tertiary/aromatic N) is 1. The first-order valence-electron chi connectivity index (χ1n) is 10.7. The van der Waals surface area contributed by atoms with Gasteiger partial charge in [-0.05, 0) is 55.3 Å². The van der Waals surface area contributed by atoms with Crippen molar-refractivity contribution >= 4 is 35.2 Å². The molecule has 3 rings (SSSR count). The molecule has 2 amide bonds. The van der Waals surface area contributed by atoms with Crippen molar-refractivity contribution in [2.75, 3.05) is 25.0 Å². The van der Waals surface area contributed by atoms with Crippen LogP contribution in [0, 0.1) is 5.82 Å². The largest absolute Gasteiger partial charge is 0.337 e. The quantitative estimate of drug-likeness (QED) is 0.268. The number of carbonyl (C=O) groups excluding carboxylic acids is 1. The molecule has 0 fully saturated rings. The third-order valence-corrected chi connectivity index (χ3v) is 5.69. The highest BCUT2D eigenvalue weighted by atomic mass is 35.5. The summed E-state index contributed by atoms with van der Waals surface area (Å²) in [5.74, 6) is -0.456. The van der Waals surface area contributed by atoms with E-state index in [9.17, 15) is 14.0 Å². The number of nitrogens with one attached hydrogen (secondary N) is 4. The van der Waals surface area contributed by atoms with Crippen LogP contribution in [0.2, 0.25) is 10.0 Å². The van der Waals surface area contributed by atoms with Gasteiger partial charge in [-0.25, -0.2) is 9.18 Å². The van der Waals surface area contributed by atoms with E-state index >= 15 is 0 Å². The predicted molar refractivity (Wildman–Crippen MR) is 133 cm³/mol. The number of hydrogen-bond donors (Lipinski definition) is 5. The van der Waals surface area contributed by atoms with Crippen LogP contribution in [0.1, 0.15) is 17.5 Å². The summed E-state index contributed by atoms with van der Waals surface area (Å²) in [5.41, 5.74) is 6.81. The van der Waals surface area contributed by atoms with E-state index in [2.05, 4.69) is 25.9 Å². The zero-order valence-corrected chi connectivity index (χ0v) is 19.8. The van der Waals surface area contributed by atoms with Gasteiger partial charge in [-0.2, -0.15) is 4.98 Å². The molecule has 0 aliphatic heterocycles. The molecule has 8 nitrogen and oxygen atoms in total. The number of benzene rings is 2. The first kappa shape index (κ1) is 25.6. The lowest BCUT2D eigenvalue weighted by Gasteiger charge is -2.09. The Hall–Kier alpha value is -2.98. The molecule has 0 unspecified atom stereocenters. The van der Waals surface area contributed by atoms with Crippen LogP contribution >= 0.6 is 23.2 Å². The molecule has 0 spiro atoms. The number of nitrogens with two attached hydrogens (primary N) is 1. The number of amides is 2. The summed E-state index contributed by atoms with van der Waals surface area (Å²) >= 11 is 11.9. The van der Waals surface area contributed by atoms with Crippen molar-refractivity contribution < 1.29 is 9.18 Å². The Balaban J connectivity index is 1.55. The monoisotopic (exact) mass is 506 g/mol. The van der Waals surface area contributed by atoms with E-state index in [1.54, 1.807) is 24.3 Å². The molecule has 1 aromatic heterocycles. The maximum atomic E-state index is 14.4. The first-order valence-corrected chi connectivity index (χ1v) is 11.4. The number of hydrogen-bond acceptors (Lipinski definition) is 5. The molecule has 0 aliphatic rings. The van der Waals surface area contributed by atoms with Gasteiger partial charge in [-0.15, -0.1) is 0 Å². The summed E-state index contributed by atoms with van der Waals surface area (Å²) in [5, 5.41) is 9.15. The third kappa shape index (κ3) is 7.26. The van der Waals surface area contributed by atoms with Crippen LogP contribution in [0.3, 0.4) is 0 Å². The van der Waals surface area contributed by atoms with Gasteiger partial charge in [0, 0.05) is 24.8 Å². The molecule has 6 N–H and O–H groups in total. The second kappa shape index (κ2) is 12.5. The fraction of sp³-hybridized carbons (Fsp3) is 0.261. The Morgan fingerprint density at radius 3 is 2.65 bits per heavy atom. The molecule has 0 radical (unpaired) electrons. The minimum Gasteiger partial charge on any atom is -0.337 e. The zero-order valence-electron chi connectivity index (χ0n) is 18.3. The van der Waals surface area contributed by atoms with Gasteiger partial charge in [0.2, 0.25) is 5.95 Å². The van der Waals surface area contributed by atoms with Crippen molar-refractivity contribution in [1.82, 2.24) is 20.6 Å². The smallest absolute Gasteiger partial charge is 0.321 e. The fourth-order valence-electron chi connectivity index (χ4n) is 3.14. The van der Waals surface area contributed by atoms with Gasteiger partial charge < -0.3 is 21.4 Å². The summed E-state index contributed by atoms with van der Waals surface area (Å²) in [7, 11) is 0. The van der Waals surface area contributed by atoms with Crippen LogP contribution < -0.4 is 27.2 Å². The summed E-state index contributed by atoms with van der Waals surface area (Å²) in [6.07, 6.45) is 2.72. The lowest BCUT2D eigenvalue weighted by molar-refractivity contribution is 0.252. The van der Waals surface area contributed by atoms with Crippen LogP contribution in [-0.4, -0.2) is 35.6 Å². The minimum atomic E-state index is -0.599. The number of urea groups is 1. The highest BCUT2D eigenvalue weighted by Gasteiger charge is 2.11. The van der Waals surface area contributed by atoms with Crippen molar-refractivity contribution in [2.45, 2.75) is 19.4 Å². The van der Waals surface area contributed by atoms with E-state index < -0.39 is 17.4 Å². The van der Waals surface area contributed by atoms with Gasteiger partial charge in [0.1, 0.15) is 5.82 Å². The van der Waals surface area contributed by atoms with Gasteiger partial charge in [-0.3, -0.25) is 10.1 Å². The molecule has 0 bridgehead atoms. The van der Waals surface area contributed by atoms with Crippen molar-refractivity contribution in [3.63, 3.8) is 0 Å². The summed E-state index contributed by atoms with van der Waals surface area (Å²) in [6.45, 7) is 1.96. The fourth-order valence-corrected chi connectivity index (χ4v) is 3.46. The molecule has 34 heavy (non-hydrogen) atoms. The Kier molecular flexibility index (Phi) is 9.41. The second-order valence-corrected chi connectivity index (χ2v) is 8.29. The van der Waals surface area contributed by atoms with E-state index in [0.29, 0.717) is 53.8 Å².